The second-order valence-corrected chi connectivity index (χ2v) is 6.07. The molecule has 1 unspecified atom stereocenters. The number of rotatable bonds is 12. The summed E-state index contributed by atoms with van der Waals surface area (Å²) in [6, 6.07) is 0. The molecule has 0 saturated heterocycles. The first-order valence-electron chi connectivity index (χ1n) is 8.23. The molecule has 0 rings (SSSR count). The van der Waals surface area contributed by atoms with E-state index in [1.54, 1.807) is 0 Å². The van der Waals surface area contributed by atoms with E-state index in [0.29, 0.717) is 44.3 Å². The van der Waals surface area contributed by atoms with Gasteiger partial charge in [-0.25, -0.2) is 0 Å². The molecule has 0 bridgehead atoms. The van der Waals surface area contributed by atoms with E-state index in [2.05, 4.69) is 31.4 Å². The Kier molecular flexibility index (Phi) is 12.0. The average molecular weight is 299 g/mol. The molecule has 0 radical (unpaired) electrons. The third kappa shape index (κ3) is 12.4. The van der Waals surface area contributed by atoms with Gasteiger partial charge in [0.15, 0.2) is 0 Å². The van der Waals surface area contributed by atoms with Gasteiger partial charge in [-0.15, -0.1) is 0 Å². The van der Waals surface area contributed by atoms with E-state index in [4.69, 9.17) is 5.73 Å². The molecule has 0 aromatic rings. The van der Waals surface area contributed by atoms with Crippen molar-refractivity contribution >= 4 is 11.8 Å². The van der Waals surface area contributed by atoms with Crippen molar-refractivity contribution in [1.82, 2.24) is 10.6 Å². The molecule has 0 aliphatic heterocycles. The minimum atomic E-state index is -0.00371. The van der Waals surface area contributed by atoms with Crippen LogP contribution in [-0.4, -0.2) is 31.4 Å². The minimum Gasteiger partial charge on any atom is -0.356 e. The summed E-state index contributed by atoms with van der Waals surface area (Å²) in [6.07, 6.45) is 5.00. The second-order valence-electron chi connectivity index (χ2n) is 6.07. The zero-order valence-electron chi connectivity index (χ0n) is 13.9. The van der Waals surface area contributed by atoms with Crippen LogP contribution in [-0.2, 0) is 9.59 Å². The maximum absolute atomic E-state index is 11.7. The smallest absolute Gasteiger partial charge is 0.221 e. The topological polar surface area (TPSA) is 84.2 Å². The number of hydrogen-bond acceptors (Lipinski definition) is 3. The minimum absolute atomic E-state index is 0.00371. The number of carbonyl (C=O) groups excluding carboxylic acids is 2. The summed E-state index contributed by atoms with van der Waals surface area (Å²) in [4.78, 5) is 23.2. The fraction of sp³-hybridized carbons (Fsp3) is 0.875. The number of carbonyl (C=O) groups is 2. The van der Waals surface area contributed by atoms with E-state index in [0.717, 1.165) is 25.7 Å². The number of nitrogens with two attached hydrogens (primary N) is 1. The molecule has 4 N–H and O–H groups in total. The first-order valence-corrected chi connectivity index (χ1v) is 8.23. The Balaban J connectivity index is 3.72. The van der Waals surface area contributed by atoms with E-state index in [9.17, 15) is 9.59 Å². The molecular formula is C16H33N3O2. The molecule has 0 aromatic heterocycles. The van der Waals surface area contributed by atoms with Gasteiger partial charge in [0.2, 0.25) is 11.8 Å². The highest BCUT2D eigenvalue weighted by Crippen LogP contribution is 2.16. The van der Waals surface area contributed by atoms with Crippen LogP contribution in [0.1, 0.15) is 59.3 Å². The van der Waals surface area contributed by atoms with Gasteiger partial charge in [0, 0.05) is 25.9 Å². The molecule has 0 fully saturated rings. The fourth-order valence-electron chi connectivity index (χ4n) is 2.22. The first kappa shape index (κ1) is 19.9. The molecule has 21 heavy (non-hydrogen) atoms. The van der Waals surface area contributed by atoms with E-state index in [1.807, 2.05) is 0 Å². The van der Waals surface area contributed by atoms with Crippen molar-refractivity contribution in [1.29, 1.82) is 0 Å². The van der Waals surface area contributed by atoms with Crippen molar-refractivity contribution in [3.05, 3.63) is 0 Å². The quantitative estimate of drug-likeness (QED) is 0.514. The predicted octanol–water partition coefficient (Wildman–Crippen LogP) is 1.81. The van der Waals surface area contributed by atoms with Crippen molar-refractivity contribution < 1.29 is 9.59 Å². The Morgan fingerprint density at radius 2 is 1.67 bits per heavy atom. The third-order valence-corrected chi connectivity index (χ3v) is 3.43. The molecule has 1 atom stereocenters. The van der Waals surface area contributed by atoms with Crippen LogP contribution in [0.2, 0.25) is 0 Å². The van der Waals surface area contributed by atoms with Crippen LogP contribution in [0.5, 0.6) is 0 Å². The van der Waals surface area contributed by atoms with Gasteiger partial charge >= 0.3 is 0 Å². The Hall–Kier alpha value is -1.10. The van der Waals surface area contributed by atoms with E-state index < -0.39 is 0 Å². The zero-order valence-corrected chi connectivity index (χ0v) is 13.9. The van der Waals surface area contributed by atoms with Gasteiger partial charge in [0.25, 0.3) is 0 Å². The molecule has 5 heteroatoms. The molecule has 0 aliphatic carbocycles. The van der Waals surface area contributed by atoms with Crippen LogP contribution < -0.4 is 16.4 Å². The van der Waals surface area contributed by atoms with Gasteiger partial charge in [-0.05, 0) is 31.2 Å². The summed E-state index contributed by atoms with van der Waals surface area (Å²) in [6.45, 7) is 8.04. The van der Waals surface area contributed by atoms with Crippen molar-refractivity contribution in [3.8, 4) is 0 Å². The van der Waals surface area contributed by atoms with E-state index in [1.165, 1.54) is 0 Å². The van der Waals surface area contributed by atoms with Crippen LogP contribution in [0.15, 0.2) is 0 Å². The number of amides is 2. The summed E-state index contributed by atoms with van der Waals surface area (Å²) in [5.74, 6) is 1.02. The maximum Gasteiger partial charge on any atom is 0.221 e. The molecular weight excluding hydrogens is 266 g/mol. The van der Waals surface area contributed by atoms with Crippen molar-refractivity contribution in [2.45, 2.75) is 59.3 Å². The highest BCUT2D eigenvalue weighted by Gasteiger charge is 2.10. The molecule has 0 aromatic carbocycles. The summed E-state index contributed by atoms with van der Waals surface area (Å²) in [7, 11) is 0. The van der Waals surface area contributed by atoms with Crippen molar-refractivity contribution in [2.75, 3.05) is 19.6 Å². The van der Waals surface area contributed by atoms with Gasteiger partial charge in [0.1, 0.15) is 0 Å². The SMILES string of the molecule is CCCC(CCN)CCC(=O)NCCC(=O)NCC(C)C. The maximum atomic E-state index is 11.7. The zero-order chi connectivity index (χ0) is 16.1. The Morgan fingerprint density at radius 1 is 1.00 bits per heavy atom. The van der Waals surface area contributed by atoms with Crippen LogP contribution in [0.3, 0.4) is 0 Å². The Bertz CT molecular complexity index is 287. The van der Waals surface area contributed by atoms with Crippen LogP contribution in [0.25, 0.3) is 0 Å². The van der Waals surface area contributed by atoms with Gasteiger partial charge < -0.3 is 16.4 Å². The van der Waals surface area contributed by atoms with Crippen LogP contribution in [0.4, 0.5) is 0 Å². The summed E-state index contributed by atoms with van der Waals surface area (Å²) in [5, 5.41) is 5.65. The fourth-order valence-corrected chi connectivity index (χ4v) is 2.22. The average Bonchev–Trinajstić information content (AvgIpc) is 2.43. The lowest BCUT2D eigenvalue weighted by molar-refractivity contribution is -0.122. The molecule has 5 nitrogen and oxygen atoms in total. The summed E-state index contributed by atoms with van der Waals surface area (Å²) >= 11 is 0. The normalized spacial score (nSPS) is 12.2. The number of hydrogen-bond donors (Lipinski definition) is 3. The van der Waals surface area contributed by atoms with Crippen LogP contribution >= 0.6 is 0 Å². The first-order chi connectivity index (χ1) is 9.99. The molecule has 0 spiro atoms. The third-order valence-electron chi connectivity index (χ3n) is 3.43. The van der Waals surface area contributed by atoms with Gasteiger partial charge in [0.05, 0.1) is 0 Å². The molecule has 0 heterocycles. The standard InChI is InChI=1S/C16H33N3O2/c1-4-5-14(8-10-17)6-7-15(20)18-11-9-16(21)19-12-13(2)3/h13-14H,4-12,17H2,1-3H3,(H,18,20)(H,19,21). The lowest BCUT2D eigenvalue weighted by Crippen LogP contribution is -2.32. The Morgan fingerprint density at radius 3 is 2.24 bits per heavy atom. The van der Waals surface area contributed by atoms with Crippen molar-refractivity contribution in [2.24, 2.45) is 17.6 Å². The number of nitrogens with one attached hydrogen (secondary N) is 2. The van der Waals surface area contributed by atoms with Gasteiger partial charge in [-0.3, -0.25) is 9.59 Å². The lowest BCUT2D eigenvalue weighted by Gasteiger charge is -2.14. The predicted molar refractivity (Wildman–Crippen MR) is 86.8 cm³/mol. The summed E-state index contributed by atoms with van der Waals surface area (Å²) in [5.41, 5.74) is 5.58. The highest BCUT2D eigenvalue weighted by atomic mass is 16.2. The van der Waals surface area contributed by atoms with Gasteiger partial charge in [-0.2, -0.15) is 0 Å². The largest absolute Gasteiger partial charge is 0.356 e. The van der Waals surface area contributed by atoms with E-state index in [-0.39, 0.29) is 11.8 Å². The highest BCUT2D eigenvalue weighted by molar-refractivity contribution is 5.78. The van der Waals surface area contributed by atoms with E-state index >= 15 is 0 Å². The Labute approximate surface area is 129 Å². The molecule has 124 valence electrons. The summed E-state index contributed by atoms with van der Waals surface area (Å²) < 4.78 is 0. The molecule has 0 saturated carbocycles. The van der Waals surface area contributed by atoms with Crippen LogP contribution in [0, 0.1) is 11.8 Å². The second kappa shape index (κ2) is 12.6. The van der Waals surface area contributed by atoms with Gasteiger partial charge in [-0.1, -0.05) is 33.6 Å². The monoisotopic (exact) mass is 299 g/mol. The lowest BCUT2D eigenvalue weighted by atomic mass is 9.94. The van der Waals surface area contributed by atoms with Crippen molar-refractivity contribution in [3.63, 3.8) is 0 Å². The molecule has 2 amide bonds. The molecule has 0 aliphatic rings.